The van der Waals surface area contributed by atoms with Crippen LogP contribution >= 0.6 is 0 Å². The lowest BCUT2D eigenvalue weighted by atomic mass is 10.1. The molecule has 2 fully saturated rings. The molecule has 6 heteroatoms. The molecule has 0 aromatic carbocycles. The number of piperidine rings is 1. The van der Waals surface area contributed by atoms with Gasteiger partial charge in [-0.3, -0.25) is 4.90 Å². The number of halogens is 3. The third kappa shape index (κ3) is 4.74. The molecular formula is C12H20F3NO2. The summed E-state index contributed by atoms with van der Waals surface area (Å²) in [6, 6.07) is 0. The fraction of sp³-hybridized carbons (Fsp3) is 1.00. The molecule has 2 aliphatic heterocycles. The standard InChI is InChI=1S/C12H20F3NO2/c13-12(14,15)9-16-5-3-10(4-6-16)18-8-11-2-1-7-17-11/h10-11H,1-9H2/t11-/m0/s1. The van der Waals surface area contributed by atoms with Crippen molar-refractivity contribution in [2.45, 2.75) is 44.1 Å². The minimum Gasteiger partial charge on any atom is -0.376 e. The largest absolute Gasteiger partial charge is 0.401 e. The Balaban J connectivity index is 1.61. The summed E-state index contributed by atoms with van der Waals surface area (Å²) >= 11 is 0. The minimum absolute atomic E-state index is 0.0960. The molecule has 0 amide bonds. The Labute approximate surface area is 105 Å². The van der Waals surface area contributed by atoms with Gasteiger partial charge in [0.15, 0.2) is 0 Å². The van der Waals surface area contributed by atoms with Gasteiger partial charge in [-0.25, -0.2) is 0 Å². The summed E-state index contributed by atoms with van der Waals surface area (Å²) < 4.78 is 47.8. The second kappa shape index (κ2) is 6.21. The first-order chi connectivity index (χ1) is 8.53. The lowest BCUT2D eigenvalue weighted by Gasteiger charge is -2.32. The summed E-state index contributed by atoms with van der Waals surface area (Å²) in [6.07, 6.45) is -0.320. The molecule has 18 heavy (non-hydrogen) atoms. The van der Waals surface area contributed by atoms with Crippen molar-refractivity contribution in [3.8, 4) is 0 Å². The van der Waals surface area contributed by atoms with Crippen LogP contribution in [0.1, 0.15) is 25.7 Å². The molecule has 0 N–H and O–H groups in total. The van der Waals surface area contributed by atoms with Crippen LogP contribution in [0.25, 0.3) is 0 Å². The zero-order valence-corrected chi connectivity index (χ0v) is 10.4. The summed E-state index contributed by atoms with van der Waals surface area (Å²) in [5.74, 6) is 0. The molecule has 1 atom stereocenters. The predicted molar refractivity (Wildman–Crippen MR) is 60.4 cm³/mol. The van der Waals surface area contributed by atoms with Crippen molar-refractivity contribution in [2.75, 3.05) is 32.8 Å². The van der Waals surface area contributed by atoms with Crippen LogP contribution in [0.2, 0.25) is 0 Å². The Kier molecular flexibility index (Phi) is 4.86. The zero-order chi connectivity index (χ0) is 13.0. The fourth-order valence-corrected chi connectivity index (χ4v) is 2.51. The smallest absolute Gasteiger partial charge is 0.376 e. The molecule has 0 aliphatic carbocycles. The monoisotopic (exact) mass is 267 g/mol. The van der Waals surface area contributed by atoms with E-state index in [1.54, 1.807) is 0 Å². The molecule has 0 aromatic heterocycles. The van der Waals surface area contributed by atoms with Gasteiger partial charge in [0.2, 0.25) is 0 Å². The van der Waals surface area contributed by atoms with Crippen molar-refractivity contribution < 1.29 is 22.6 Å². The highest BCUT2D eigenvalue weighted by atomic mass is 19.4. The number of likely N-dealkylation sites (tertiary alicyclic amines) is 1. The van der Waals surface area contributed by atoms with E-state index in [4.69, 9.17) is 9.47 Å². The Morgan fingerprint density at radius 2 is 1.89 bits per heavy atom. The van der Waals surface area contributed by atoms with E-state index in [0.29, 0.717) is 32.5 Å². The molecule has 2 heterocycles. The number of hydrogen-bond donors (Lipinski definition) is 0. The van der Waals surface area contributed by atoms with E-state index in [1.807, 2.05) is 0 Å². The first-order valence-electron chi connectivity index (χ1n) is 6.55. The predicted octanol–water partition coefficient (Wildman–Crippen LogP) is 2.21. The summed E-state index contributed by atoms with van der Waals surface area (Å²) in [7, 11) is 0. The van der Waals surface area contributed by atoms with Crippen LogP contribution in [0.5, 0.6) is 0 Å². The van der Waals surface area contributed by atoms with E-state index in [0.717, 1.165) is 19.4 Å². The van der Waals surface area contributed by atoms with E-state index in [-0.39, 0.29) is 12.2 Å². The van der Waals surface area contributed by atoms with Gasteiger partial charge in [0, 0.05) is 19.7 Å². The molecule has 0 aromatic rings. The SMILES string of the molecule is FC(F)(F)CN1CCC(OC[C@@H]2CCCO2)CC1. The van der Waals surface area contributed by atoms with Crippen LogP contribution in [-0.2, 0) is 9.47 Å². The summed E-state index contributed by atoms with van der Waals surface area (Å²) in [5, 5.41) is 0. The fourth-order valence-electron chi connectivity index (χ4n) is 2.51. The number of hydrogen-bond acceptors (Lipinski definition) is 3. The van der Waals surface area contributed by atoms with E-state index in [2.05, 4.69) is 0 Å². The summed E-state index contributed by atoms with van der Waals surface area (Å²) in [5.41, 5.74) is 0. The number of ether oxygens (including phenoxy) is 2. The van der Waals surface area contributed by atoms with Gasteiger partial charge in [0.05, 0.1) is 25.4 Å². The maximum absolute atomic E-state index is 12.2. The second-order valence-electron chi connectivity index (χ2n) is 5.06. The van der Waals surface area contributed by atoms with Gasteiger partial charge in [0.25, 0.3) is 0 Å². The highest BCUT2D eigenvalue weighted by Gasteiger charge is 2.32. The minimum atomic E-state index is -4.09. The molecule has 0 bridgehead atoms. The Bertz CT molecular complexity index is 246. The lowest BCUT2D eigenvalue weighted by Crippen LogP contribution is -2.42. The molecule has 0 unspecified atom stereocenters. The van der Waals surface area contributed by atoms with E-state index >= 15 is 0 Å². The van der Waals surface area contributed by atoms with Crippen molar-refractivity contribution in [3.05, 3.63) is 0 Å². The highest BCUT2D eigenvalue weighted by molar-refractivity contribution is 4.75. The third-order valence-corrected chi connectivity index (χ3v) is 3.48. The molecule has 0 spiro atoms. The first-order valence-corrected chi connectivity index (χ1v) is 6.55. The quantitative estimate of drug-likeness (QED) is 0.779. The maximum Gasteiger partial charge on any atom is 0.401 e. The van der Waals surface area contributed by atoms with Crippen LogP contribution in [-0.4, -0.2) is 56.1 Å². The molecule has 106 valence electrons. The van der Waals surface area contributed by atoms with Gasteiger partial charge in [-0.1, -0.05) is 0 Å². The Morgan fingerprint density at radius 1 is 1.17 bits per heavy atom. The van der Waals surface area contributed by atoms with Crippen LogP contribution in [0.4, 0.5) is 13.2 Å². The molecule has 3 nitrogen and oxygen atoms in total. The molecule has 2 saturated heterocycles. The summed E-state index contributed by atoms with van der Waals surface area (Å²) in [6.45, 7) is 1.53. The zero-order valence-electron chi connectivity index (χ0n) is 10.4. The Morgan fingerprint density at radius 3 is 2.44 bits per heavy atom. The van der Waals surface area contributed by atoms with Gasteiger partial charge in [0.1, 0.15) is 0 Å². The van der Waals surface area contributed by atoms with Gasteiger partial charge in [-0.05, 0) is 25.7 Å². The van der Waals surface area contributed by atoms with Gasteiger partial charge < -0.3 is 9.47 Å². The molecule has 2 aliphatic rings. The van der Waals surface area contributed by atoms with E-state index < -0.39 is 12.7 Å². The van der Waals surface area contributed by atoms with Crippen LogP contribution in [0.15, 0.2) is 0 Å². The van der Waals surface area contributed by atoms with Crippen LogP contribution in [0, 0.1) is 0 Å². The van der Waals surface area contributed by atoms with Crippen molar-refractivity contribution in [1.82, 2.24) is 4.90 Å². The molecule has 0 radical (unpaired) electrons. The van der Waals surface area contributed by atoms with Gasteiger partial charge >= 0.3 is 6.18 Å². The lowest BCUT2D eigenvalue weighted by molar-refractivity contribution is -0.151. The average Bonchev–Trinajstić information content (AvgIpc) is 2.79. The van der Waals surface area contributed by atoms with Gasteiger partial charge in [-0.15, -0.1) is 0 Å². The van der Waals surface area contributed by atoms with E-state index in [9.17, 15) is 13.2 Å². The highest BCUT2D eigenvalue weighted by Crippen LogP contribution is 2.21. The number of alkyl halides is 3. The normalized spacial score (nSPS) is 27.8. The van der Waals surface area contributed by atoms with Crippen LogP contribution < -0.4 is 0 Å². The van der Waals surface area contributed by atoms with E-state index in [1.165, 1.54) is 4.90 Å². The van der Waals surface area contributed by atoms with Crippen molar-refractivity contribution in [3.63, 3.8) is 0 Å². The van der Waals surface area contributed by atoms with Crippen molar-refractivity contribution >= 4 is 0 Å². The van der Waals surface area contributed by atoms with Crippen LogP contribution in [0.3, 0.4) is 0 Å². The second-order valence-corrected chi connectivity index (χ2v) is 5.06. The number of nitrogens with zero attached hydrogens (tertiary/aromatic N) is 1. The number of rotatable bonds is 4. The average molecular weight is 267 g/mol. The van der Waals surface area contributed by atoms with Crippen molar-refractivity contribution in [2.24, 2.45) is 0 Å². The molecule has 2 rings (SSSR count). The molecular weight excluding hydrogens is 247 g/mol. The Hall–Kier alpha value is -0.330. The van der Waals surface area contributed by atoms with Crippen molar-refractivity contribution in [1.29, 1.82) is 0 Å². The molecule has 0 saturated carbocycles. The topological polar surface area (TPSA) is 21.7 Å². The first kappa shape index (κ1) is 14.1. The maximum atomic E-state index is 12.2. The third-order valence-electron chi connectivity index (χ3n) is 3.48. The van der Waals surface area contributed by atoms with Gasteiger partial charge in [-0.2, -0.15) is 13.2 Å². The summed E-state index contributed by atoms with van der Waals surface area (Å²) in [4.78, 5) is 1.45.